The van der Waals surface area contributed by atoms with Crippen molar-refractivity contribution in [2.45, 2.75) is 32.6 Å². The maximum Gasteiger partial charge on any atom is 0.260 e. The summed E-state index contributed by atoms with van der Waals surface area (Å²) in [4.78, 5) is 14.0. The van der Waals surface area contributed by atoms with Gasteiger partial charge in [0.15, 0.2) is 6.61 Å². The molecule has 0 bridgehead atoms. The molecule has 1 saturated heterocycles. The monoisotopic (exact) mass is 247 g/mol. The predicted molar refractivity (Wildman–Crippen MR) is 71.7 cm³/mol. The van der Waals surface area contributed by atoms with Crippen molar-refractivity contribution in [1.82, 2.24) is 4.90 Å². The number of nitrogens with zero attached hydrogens (tertiary/aromatic N) is 1. The maximum absolute atomic E-state index is 12.0. The second-order valence-electron chi connectivity index (χ2n) is 4.85. The first kappa shape index (κ1) is 12.9. The average molecular weight is 247 g/mol. The quantitative estimate of drug-likeness (QED) is 0.822. The fourth-order valence-electron chi connectivity index (χ4n) is 2.27. The molecule has 2 rings (SSSR count). The summed E-state index contributed by atoms with van der Waals surface area (Å²) in [6.07, 6.45) is 4.72. The zero-order valence-corrected chi connectivity index (χ0v) is 11.0. The van der Waals surface area contributed by atoms with Crippen molar-refractivity contribution in [2.75, 3.05) is 19.7 Å². The Balaban J connectivity index is 1.86. The number of benzene rings is 1. The van der Waals surface area contributed by atoms with E-state index in [2.05, 4.69) is 0 Å². The number of likely N-dealkylation sites (tertiary alicyclic amines) is 1. The zero-order valence-electron chi connectivity index (χ0n) is 11.0. The van der Waals surface area contributed by atoms with E-state index in [4.69, 9.17) is 4.74 Å². The molecule has 1 aliphatic heterocycles. The van der Waals surface area contributed by atoms with Gasteiger partial charge in [0.1, 0.15) is 5.75 Å². The topological polar surface area (TPSA) is 29.5 Å². The van der Waals surface area contributed by atoms with Gasteiger partial charge in [0, 0.05) is 13.1 Å². The third kappa shape index (κ3) is 3.49. The van der Waals surface area contributed by atoms with Crippen LogP contribution in [0.15, 0.2) is 24.3 Å². The number of hydrogen-bond donors (Lipinski definition) is 0. The molecular formula is C15H21NO2. The van der Waals surface area contributed by atoms with Crippen LogP contribution < -0.4 is 4.74 Å². The Kier molecular flexibility index (Phi) is 4.62. The minimum Gasteiger partial charge on any atom is -0.484 e. The Bertz CT molecular complexity index is 395. The molecule has 1 fully saturated rings. The summed E-state index contributed by atoms with van der Waals surface area (Å²) >= 11 is 0. The SMILES string of the molecule is Cc1ccccc1OCC(=O)N1CCCCCC1. The molecule has 0 aliphatic carbocycles. The molecule has 3 nitrogen and oxygen atoms in total. The molecule has 0 aromatic heterocycles. The molecule has 1 heterocycles. The highest BCUT2D eigenvalue weighted by molar-refractivity contribution is 5.77. The number of aryl methyl sites for hydroxylation is 1. The minimum atomic E-state index is 0.111. The lowest BCUT2D eigenvalue weighted by Gasteiger charge is -2.20. The van der Waals surface area contributed by atoms with E-state index in [0.29, 0.717) is 0 Å². The Hall–Kier alpha value is -1.51. The first-order valence-electron chi connectivity index (χ1n) is 6.73. The normalized spacial score (nSPS) is 16.2. The average Bonchev–Trinajstić information content (AvgIpc) is 2.66. The fourth-order valence-corrected chi connectivity index (χ4v) is 2.27. The zero-order chi connectivity index (χ0) is 12.8. The van der Waals surface area contributed by atoms with Crippen molar-refractivity contribution < 1.29 is 9.53 Å². The number of rotatable bonds is 3. The van der Waals surface area contributed by atoms with Gasteiger partial charge < -0.3 is 9.64 Å². The number of ether oxygens (including phenoxy) is 1. The molecule has 0 N–H and O–H groups in total. The lowest BCUT2D eigenvalue weighted by atomic mass is 10.2. The Morgan fingerprint density at radius 3 is 2.50 bits per heavy atom. The number of hydrogen-bond acceptors (Lipinski definition) is 2. The van der Waals surface area contributed by atoms with Crippen LogP contribution in [0.4, 0.5) is 0 Å². The van der Waals surface area contributed by atoms with E-state index < -0.39 is 0 Å². The van der Waals surface area contributed by atoms with Crippen molar-refractivity contribution in [1.29, 1.82) is 0 Å². The molecular weight excluding hydrogens is 226 g/mol. The minimum absolute atomic E-state index is 0.111. The summed E-state index contributed by atoms with van der Waals surface area (Å²) in [6.45, 7) is 3.92. The highest BCUT2D eigenvalue weighted by atomic mass is 16.5. The molecule has 1 aliphatic rings. The summed E-state index contributed by atoms with van der Waals surface area (Å²) < 4.78 is 5.60. The van der Waals surface area contributed by atoms with Crippen LogP contribution in [0.25, 0.3) is 0 Å². The van der Waals surface area contributed by atoms with E-state index in [9.17, 15) is 4.79 Å². The summed E-state index contributed by atoms with van der Waals surface area (Å²) in [5.74, 6) is 0.917. The molecule has 0 saturated carbocycles. The van der Waals surface area contributed by atoms with Crippen molar-refractivity contribution >= 4 is 5.91 Å². The van der Waals surface area contributed by atoms with Gasteiger partial charge in [-0.2, -0.15) is 0 Å². The van der Waals surface area contributed by atoms with E-state index in [1.54, 1.807) is 0 Å². The lowest BCUT2D eigenvalue weighted by molar-refractivity contribution is -0.133. The smallest absolute Gasteiger partial charge is 0.260 e. The Morgan fingerprint density at radius 1 is 1.17 bits per heavy atom. The second-order valence-corrected chi connectivity index (χ2v) is 4.85. The van der Waals surface area contributed by atoms with Crippen molar-refractivity contribution in [3.63, 3.8) is 0 Å². The number of para-hydroxylation sites is 1. The molecule has 1 aromatic carbocycles. The number of amides is 1. The fraction of sp³-hybridized carbons (Fsp3) is 0.533. The summed E-state index contributed by atoms with van der Waals surface area (Å²) in [5, 5.41) is 0. The van der Waals surface area contributed by atoms with Crippen molar-refractivity contribution in [3.8, 4) is 5.75 Å². The maximum atomic E-state index is 12.0. The van der Waals surface area contributed by atoms with E-state index in [0.717, 1.165) is 37.2 Å². The molecule has 0 atom stereocenters. The van der Waals surface area contributed by atoms with Crippen LogP contribution >= 0.6 is 0 Å². The van der Waals surface area contributed by atoms with Gasteiger partial charge in [-0.3, -0.25) is 4.79 Å². The first-order chi connectivity index (χ1) is 8.77. The van der Waals surface area contributed by atoms with E-state index in [-0.39, 0.29) is 12.5 Å². The van der Waals surface area contributed by atoms with E-state index in [1.165, 1.54) is 12.8 Å². The van der Waals surface area contributed by atoms with Crippen LogP contribution in [0.2, 0.25) is 0 Å². The lowest BCUT2D eigenvalue weighted by Crippen LogP contribution is -2.35. The van der Waals surface area contributed by atoms with Crippen LogP contribution in [0.1, 0.15) is 31.2 Å². The van der Waals surface area contributed by atoms with E-state index in [1.807, 2.05) is 36.1 Å². The van der Waals surface area contributed by atoms with Crippen LogP contribution in [0.3, 0.4) is 0 Å². The van der Waals surface area contributed by atoms with Gasteiger partial charge >= 0.3 is 0 Å². The van der Waals surface area contributed by atoms with Gasteiger partial charge in [0.25, 0.3) is 5.91 Å². The predicted octanol–water partition coefficient (Wildman–Crippen LogP) is 2.78. The van der Waals surface area contributed by atoms with Gasteiger partial charge in [-0.25, -0.2) is 0 Å². The van der Waals surface area contributed by atoms with Gasteiger partial charge in [0.2, 0.25) is 0 Å². The van der Waals surface area contributed by atoms with Crippen LogP contribution in [0.5, 0.6) is 5.75 Å². The highest BCUT2D eigenvalue weighted by Gasteiger charge is 2.15. The molecule has 0 radical (unpaired) electrons. The molecule has 98 valence electrons. The van der Waals surface area contributed by atoms with E-state index >= 15 is 0 Å². The van der Waals surface area contributed by atoms with Gasteiger partial charge in [-0.05, 0) is 31.4 Å². The van der Waals surface area contributed by atoms with Crippen LogP contribution in [-0.4, -0.2) is 30.5 Å². The van der Waals surface area contributed by atoms with Crippen molar-refractivity contribution in [2.24, 2.45) is 0 Å². The van der Waals surface area contributed by atoms with Gasteiger partial charge in [-0.1, -0.05) is 31.0 Å². The molecule has 0 unspecified atom stereocenters. The molecule has 3 heteroatoms. The molecule has 18 heavy (non-hydrogen) atoms. The summed E-state index contributed by atoms with van der Waals surface area (Å²) in [7, 11) is 0. The molecule has 1 aromatic rings. The third-order valence-corrected chi connectivity index (χ3v) is 3.40. The highest BCUT2D eigenvalue weighted by Crippen LogP contribution is 2.16. The standard InChI is InChI=1S/C15H21NO2/c1-13-8-4-5-9-14(13)18-12-15(17)16-10-6-2-3-7-11-16/h4-5,8-9H,2-3,6-7,10-12H2,1H3. The van der Waals surface area contributed by atoms with Gasteiger partial charge in [0.05, 0.1) is 0 Å². The van der Waals surface area contributed by atoms with Gasteiger partial charge in [-0.15, -0.1) is 0 Å². The number of carbonyl (C=O) groups excluding carboxylic acids is 1. The summed E-state index contributed by atoms with van der Waals surface area (Å²) in [5.41, 5.74) is 1.07. The largest absolute Gasteiger partial charge is 0.484 e. The first-order valence-corrected chi connectivity index (χ1v) is 6.73. The third-order valence-electron chi connectivity index (χ3n) is 3.40. The summed E-state index contributed by atoms with van der Waals surface area (Å²) in [6, 6.07) is 7.80. The van der Waals surface area contributed by atoms with Crippen molar-refractivity contribution in [3.05, 3.63) is 29.8 Å². The molecule has 1 amide bonds. The Labute approximate surface area is 109 Å². The van der Waals surface area contributed by atoms with Crippen LogP contribution in [0, 0.1) is 6.92 Å². The van der Waals surface area contributed by atoms with Crippen LogP contribution in [-0.2, 0) is 4.79 Å². The molecule has 0 spiro atoms. The second kappa shape index (κ2) is 6.43. The Morgan fingerprint density at radius 2 is 1.83 bits per heavy atom. The number of carbonyl (C=O) groups is 1.